The van der Waals surface area contributed by atoms with E-state index in [0.717, 1.165) is 209 Å². The van der Waals surface area contributed by atoms with Crippen LogP contribution in [0.5, 0.6) is 0 Å². The Hall–Kier alpha value is -0.0551. The molecule has 3 aliphatic heterocycles. The summed E-state index contributed by atoms with van der Waals surface area (Å²) in [5, 5.41) is 0. The Kier molecular flexibility index (Phi) is 20.6. The van der Waals surface area contributed by atoms with Crippen molar-refractivity contribution in [3.05, 3.63) is 0 Å². The molecule has 0 radical (unpaired) electrons. The van der Waals surface area contributed by atoms with Gasteiger partial charge in [-0.1, -0.05) is 260 Å². The first kappa shape index (κ1) is 70.3. The van der Waals surface area contributed by atoms with Gasteiger partial charge in [-0.2, -0.15) is 0 Å². The molecule has 27 atom stereocenters. The Labute approximate surface area is 618 Å². The second-order valence-corrected chi connectivity index (χ2v) is 45.5. The molecule has 0 aromatic rings. The minimum Gasteiger partial charge on any atom is -0.295 e. The molecule has 16 aliphatic carbocycles. The van der Waals surface area contributed by atoms with Crippen LogP contribution in [0.25, 0.3) is 0 Å². The van der Waals surface area contributed by atoms with Crippen LogP contribution in [-0.4, -0.2) is 75.8 Å². The summed E-state index contributed by atoms with van der Waals surface area (Å²) < 4.78 is 0. The zero-order chi connectivity index (χ0) is 67.1. The van der Waals surface area contributed by atoms with E-state index in [2.05, 4.69) is 56.2 Å². The molecule has 0 aromatic heterocycles. The monoisotopic (exact) mass is 1370 g/mol. The van der Waals surface area contributed by atoms with E-state index >= 15 is 0 Å². The maximum atomic E-state index is 4.01. The SMILES string of the molecule is CC(C)(C)C1CC2CCC3CC(C(C)(C)C)CC4C(C5CCC6C(C5)B5C7CCC(C8CCCCC8)CC7N(C7C(C8CCCCC8)CCCC7C7CCCCC7)C7CC(N8C9CCCCC9C9CCCCC98)CC(C57)N6C5C(C6CCCCC6)CCCC5C5CCCCC5)CC(C1)C2C34. The Morgan fingerprint density at radius 3 is 1.13 bits per heavy atom. The molecule has 19 aliphatic rings. The van der Waals surface area contributed by atoms with Gasteiger partial charge in [0.1, 0.15) is 0 Å². The van der Waals surface area contributed by atoms with Crippen molar-refractivity contribution in [3.8, 4) is 0 Å². The molecule has 100 heavy (non-hydrogen) atoms. The molecular formula is C96H160BN3. The molecule has 19 rings (SSSR count). The predicted octanol–water partition coefficient (Wildman–Crippen LogP) is 25.8. The highest BCUT2D eigenvalue weighted by atomic mass is 15.3. The van der Waals surface area contributed by atoms with Gasteiger partial charge in [0, 0.05) is 54.4 Å². The van der Waals surface area contributed by atoms with E-state index in [1.54, 1.807) is 315 Å². The van der Waals surface area contributed by atoms with E-state index < -0.39 is 0 Å². The third-order valence-electron chi connectivity index (χ3n) is 39.9. The van der Waals surface area contributed by atoms with Crippen LogP contribution in [0.3, 0.4) is 0 Å². The van der Waals surface area contributed by atoms with Crippen molar-refractivity contribution >= 4 is 6.71 Å². The largest absolute Gasteiger partial charge is 0.295 e. The Bertz CT molecular complexity index is 2600. The lowest BCUT2D eigenvalue weighted by molar-refractivity contribution is -0.156. The number of likely N-dealkylation sites (tertiary alicyclic amines) is 1. The van der Waals surface area contributed by atoms with Crippen LogP contribution in [0.2, 0.25) is 17.5 Å². The molecule has 3 heterocycles. The molecule has 27 unspecified atom stereocenters. The molecule has 4 heteroatoms. The quantitative estimate of drug-likeness (QED) is 0.213. The van der Waals surface area contributed by atoms with E-state index in [1.165, 1.54) is 32.1 Å². The number of fused-ring (bicyclic) bond motifs is 7. The molecule has 3 nitrogen and oxygen atoms in total. The summed E-state index contributed by atoms with van der Waals surface area (Å²) in [5.41, 5.74) is 0.893. The second-order valence-electron chi connectivity index (χ2n) is 45.5. The van der Waals surface area contributed by atoms with Crippen LogP contribution < -0.4 is 0 Å². The maximum absolute atomic E-state index is 4.01. The van der Waals surface area contributed by atoms with Gasteiger partial charge in [0.25, 0.3) is 0 Å². The molecule has 562 valence electrons. The summed E-state index contributed by atoms with van der Waals surface area (Å²) in [6.45, 7) is 17.3. The highest BCUT2D eigenvalue weighted by Gasteiger charge is 2.70. The van der Waals surface area contributed by atoms with Crippen LogP contribution >= 0.6 is 0 Å². The summed E-state index contributed by atoms with van der Waals surface area (Å²) in [6, 6.07) is 7.80. The average Bonchev–Trinajstić information content (AvgIpc) is 0.696. The molecule has 0 N–H and O–H groups in total. The van der Waals surface area contributed by atoms with Gasteiger partial charge in [-0.15, -0.1) is 0 Å². The summed E-state index contributed by atoms with van der Waals surface area (Å²) in [6.07, 6.45) is 85.6. The van der Waals surface area contributed by atoms with Crippen molar-refractivity contribution < 1.29 is 0 Å². The third-order valence-corrected chi connectivity index (χ3v) is 39.9. The van der Waals surface area contributed by atoms with Crippen molar-refractivity contribution in [2.75, 3.05) is 0 Å². The molecule has 0 aromatic carbocycles. The molecule has 0 spiro atoms. The fourth-order valence-electron chi connectivity index (χ4n) is 36.3. The molecule has 16 saturated carbocycles. The van der Waals surface area contributed by atoms with Gasteiger partial charge < -0.3 is 0 Å². The highest BCUT2D eigenvalue weighted by Crippen LogP contribution is 2.71. The first-order valence-corrected chi connectivity index (χ1v) is 48.2. The minimum atomic E-state index is 0.440. The van der Waals surface area contributed by atoms with Gasteiger partial charge in [-0.05, 0) is 287 Å². The van der Waals surface area contributed by atoms with E-state index in [4.69, 9.17) is 0 Å². The van der Waals surface area contributed by atoms with E-state index in [-0.39, 0.29) is 0 Å². The van der Waals surface area contributed by atoms with Gasteiger partial charge in [-0.3, -0.25) is 14.7 Å². The fourth-order valence-corrected chi connectivity index (χ4v) is 36.3. The molecule has 0 bridgehead atoms. The summed E-state index contributed by atoms with van der Waals surface area (Å²) >= 11 is 0. The average molecular weight is 1370 g/mol. The van der Waals surface area contributed by atoms with Crippen molar-refractivity contribution in [3.63, 3.8) is 0 Å². The van der Waals surface area contributed by atoms with Crippen LogP contribution in [-0.2, 0) is 0 Å². The highest BCUT2D eigenvalue weighted by molar-refractivity contribution is 6.65. The van der Waals surface area contributed by atoms with E-state index in [1.807, 2.05) is 0 Å². The summed E-state index contributed by atoms with van der Waals surface area (Å²) in [7, 11) is 0. The summed E-state index contributed by atoms with van der Waals surface area (Å²) in [5.74, 6) is 24.9. The zero-order valence-corrected chi connectivity index (χ0v) is 66.7. The first-order chi connectivity index (χ1) is 48.9. The third kappa shape index (κ3) is 12.7. The van der Waals surface area contributed by atoms with Gasteiger partial charge in [0.2, 0.25) is 0 Å². The van der Waals surface area contributed by atoms with Gasteiger partial charge in [0.15, 0.2) is 6.71 Å². The molecular weight excluding hydrogens is 1210 g/mol. The number of nitrogens with zero attached hydrogens (tertiary/aromatic N) is 3. The van der Waals surface area contributed by atoms with Crippen molar-refractivity contribution in [1.29, 1.82) is 0 Å². The van der Waals surface area contributed by atoms with Crippen LogP contribution in [0.15, 0.2) is 0 Å². The Morgan fingerprint density at radius 1 is 0.220 bits per heavy atom. The van der Waals surface area contributed by atoms with Crippen LogP contribution in [0.1, 0.15) is 388 Å². The van der Waals surface area contributed by atoms with E-state index in [0.29, 0.717) is 10.8 Å². The normalized spacial score (nSPS) is 50.1. The van der Waals surface area contributed by atoms with Gasteiger partial charge in [-0.25, -0.2) is 0 Å². The van der Waals surface area contributed by atoms with Crippen LogP contribution in [0, 0.1) is 141 Å². The topological polar surface area (TPSA) is 9.72 Å². The molecule has 3 saturated heterocycles. The standard InChI is InChI=1S/C96H160BN3/c1-95(2,3)71-52-68-46-47-69-53-72(96(4,5)6)58-81-80(55-70(54-71)90(68)91(69)81)67-49-51-86-83(56-67)97-82-50-48-66(61-28-12-7-13-29-61)57-87(82)100(94-76(64-34-18-10-19-35-64)42-27-43-77(94)65-36-20-11-21-37-65)89-60-73(98-84-44-24-22-38-78(84)79-39-23-25-45-85(79)98)59-88(92(89)97)99(86)93-74(62-30-14-8-15-31-62)40-26-41-75(93)63-32-16-9-17-33-63/h61-94H,7-60H2,1-6H3. The first-order valence-electron chi connectivity index (χ1n) is 48.2. The van der Waals surface area contributed by atoms with E-state index in [9.17, 15) is 0 Å². The Morgan fingerprint density at radius 2 is 0.630 bits per heavy atom. The Balaban J connectivity index is 0.799. The minimum absolute atomic E-state index is 0.440. The number of hydrogen-bond donors (Lipinski definition) is 0. The lowest BCUT2D eigenvalue weighted by Gasteiger charge is -2.72. The number of hydrogen-bond acceptors (Lipinski definition) is 3. The molecule has 0 amide bonds. The lowest BCUT2D eigenvalue weighted by atomic mass is 9.18. The zero-order valence-electron chi connectivity index (χ0n) is 66.7. The van der Waals surface area contributed by atoms with Crippen LogP contribution in [0.4, 0.5) is 0 Å². The summed E-state index contributed by atoms with van der Waals surface area (Å²) in [4.78, 5) is 11.7. The fraction of sp³-hybridized carbons (Fsp3) is 1.00. The predicted molar refractivity (Wildman–Crippen MR) is 422 cm³/mol. The maximum Gasteiger partial charge on any atom is 0.156 e. The van der Waals surface area contributed by atoms with Gasteiger partial charge >= 0.3 is 0 Å². The smallest absolute Gasteiger partial charge is 0.156 e. The van der Waals surface area contributed by atoms with Crippen molar-refractivity contribution in [2.24, 2.45) is 141 Å². The van der Waals surface area contributed by atoms with Crippen molar-refractivity contribution in [2.45, 2.75) is 460 Å². The van der Waals surface area contributed by atoms with Gasteiger partial charge in [0.05, 0.1) is 0 Å². The lowest BCUT2D eigenvalue weighted by Crippen LogP contribution is -2.78. The number of rotatable bonds is 9. The molecule has 19 fully saturated rings. The second kappa shape index (κ2) is 29.3. The van der Waals surface area contributed by atoms with Crippen molar-refractivity contribution in [1.82, 2.24) is 14.7 Å².